The average Bonchev–Trinajstić information content (AvgIpc) is 3.20. The first-order valence-corrected chi connectivity index (χ1v) is 11.6. The van der Waals surface area contributed by atoms with Gasteiger partial charge in [-0.05, 0) is 40.2 Å². The lowest BCUT2D eigenvalue weighted by Crippen LogP contribution is -2.64. The summed E-state index contributed by atoms with van der Waals surface area (Å²) in [5.74, 6) is -1.94. The third kappa shape index (κ3) is 4.88. The van der Waals surface area contributed by atoms with Crippen LogP contribution in [0.15, 0.2) is 41.0 Å². The molecule has 2 amide bonds. The minimum absolute atomic E-state index is 0.0336. The first kappa shape index (κ1) is 26.2. The number of hydrogen-bond donors (Lipinski definition) is 2. The Bertz CT molecular complexity index is 1350. The van der Waals surface area contributed by atoms with Gasteiger partial charge in [-0.2, -0.15) is 13.2 Å². The molecule has 3 heterocycles. The number of benzene rings is 1. The van der Waals surface area contributed by atoms with E-state index in [0.29, 0.717) is 0 Å². The Kier molecular flexibility index (Phi) is 7.19. The molecule has 4 rings (SSSR count). The van der Waals surface area contributed by atoms with Crippen LogP contribution in [-0.4, -0.2) is 58.6 Å². The Morgan fingerprint density at radius 1 is 1.22 bits per heavy atom. The normalized spacial score (nSPS) is 14.6. The maximum absolute atomic E-state index is 13.6. The molecule has 1 saturated heterocycles. The van der Waals surface area contributed by atoms with Crippen LogP contribution in [0, 0.1) is 0 Å². The Morgan fingerprint density at radius 2 is 1.94 bits per heavy atom. The molecular formula is C21H15BrCl2F3N5O4. The lowest BCUT2D eigenvalue weighted by Gasteiger charge is -2.41. The van der Waals surface area contributed by atoms with Gasteiger partial charge in [0.15, 0.2) is 5.82 Å². The van der Waals surface area contributed by atoms with Crippen molar-refractivity contribution in [1.29, 1.82) is 0 Å². The first-order chi connectivity index (χ1) is 17.0. The number of halogens is 6. The Hall–Kier alpha value is -2.87. The summed E-state index contributed by atoms with van der Waals surface area (Å²) < 4.78 is 52.0. The maximum atomic E-state index is 13.6. The molecule has 2 N–H and O–H groups in total. The van der Waals surface area contributed by atoms with Crippen molar-refractivity contribution in [3.05, 3.63) is 62.3 Å². The van der Waals surface area contributed by atoms with Crippen molar-refractivity contribution in [1.82, 2.24) is 20.1 Å². The van der Waals surface area contributed by atoms with E-state index in [1.54, 1.807) is 0 Å². The van der Waals surface area contributed by atoms with Crippen LogP contribution in [0.25, 0.3) is 5.82 Å². The highest BCUT2D eigenvalue weighted by Gasteiger charge is 2.63. The van der Waals surface area contributed by atoms with Crippen LogP contribution >= 0.6 is 39.1 Å². The summed E-state index contributed by atoms with van der Waals surface area (Å²) in [4.78, 5) is 29.8. The van der Waals surface area contributed by atoms with Crippen LogP contribution in [0.1, 0.15) is 20.8 Å². The minimum atomic E-state index is -4.75. The van der Waals surface area contributed by atoms with E-state index in [4.69, 9.17) is 32.7 Å². The van der Waals surface area contributed by atoms with Gasteiger partial charge in [-0.15, -0.1) is 5.10 Å². The number of aromatic nitrogens is 3. The maximum Gasteiger partial charge on any atom is 0.432 e. The van der Waals surface area contributed by atoms with Gasteiger partial charge < -0.3 is 20.1 Å². The van der Waals surface area contributed by atoms with Gasteiger partial charge in [0, 0.05) is 28.8 Å². The fraction of sp³-hybridized carbons (Fsp3) is 0.238. The number of nitrogens with zero attached hydrogens (tertiary/aromatic N) is 3. The molecule has 1 aliphatic heterocycles. The number of amides is 2. The molecule has 0 saturated carbocycles. The highest BCUT2D eigenvalue weighted by Crippen LogP contribution is 2.40. The fourth-order valence-corrected chi connectivity index (χ4v) is 4.34. The van der Waals surface area contributed by atoms with Crippen LogP contribution in [0.5, 0.6) is 5.88 Å². The molecule has 0 spiro atoms. The zero-order valence-electron chi connectivity index (χ0n) is 18.1. The van der Waals surface area contributed by atoms with E-state index in [-0.39, 0.29) is 37.3 Å². The van der Waals surface area contributed by atoms with Gasteiger partial charge in [0.05, 0.1) is 29.5 Å². The van der Waals surface area contributed by atoms with Crippen molar-refractivity contribution in [2.45, 2.75) is 11.8 Å². The monoisotopic (exact) mass is 607 g/mol. The number of ether oxygens (including phenoxy) is 2. The second kappa shape index (κ2) is 9.88. The van der Waals surface area contributed by atoms with Crippen LogP contribution in [0.2, 0.25) is 10.0 Å². The lowest BCUT2D eigenvalue weighted by molar-refractivity contribution is -0.323. The van der Waals surface area contributed by atoms with Crippen LogP contribution in [0.3, 0.4) is 0 Å². The molecule has 3 aromatic rings. The molecular weight excluding hydrogens is 594 g/mol. The zero-order valence-corrected chi connectivity index (χ0v) is 21.2. The number of nitrogens with one attached hydrogen (secondary N) is 2. The molecule has 1 aliphatic rings. The van der Waals surface area contributed by atoms with E-state index in [2.05, 4.69) is 36.6 Å². The number of alkyl halides is 3. The lowest BCUT2D eigenvalue weighted by atomic mass is 10.0. The molecule has 0 aliphatic carbocycles. The van der Waals surface area contributed by atoms with Gasteiger partial charge in [-0.25, -0.2) is 9.67 Å². The predicted octanol–water partition coefficient (Wildman–Crippen LogP) is 4.66. The van der Waals surface area contributed by atoms with E-state index in [1.807, 2.05) is 0 Å². The molecule has 1 fully saturated rings. The second-order valence-electron chi connectivity index (χ2n) is 7.52. The van der Waals surface area contributed by atoms with Gasteiger partial charge in [-0.1, -0.05) is 23.2 Å². The van der Waals surface area contributed by atoms with E-state index >= 15 is 0 Å². The number of rotatable bonds is 6. The van der Waals surface area contributed by atoms with Crippen molar-refractivity contribution >= 4 is 56.6 Å². The van der Waals surface area contributed by atoms with Gasteiger partial charge in [0.2, 0.25) is 5.88 Å². The molecule has 190 valence electrons. The fourth-order valence-electron chi connectivity index (χ4n) is 3.23. The van der Waals surface area contributed by atoms with Gasteiger partial charge in [0.1, 0.15) is 5.69 Å². The number of anilines is 1. The second-order valence-corrected chi connectivity index (χ2v) is 9.22. The highest BCUT2D eigenvalue weighted by atomic mass is 79.9. The summed E-state index contributed by atoms with van der Waals surface area (Å²) in [6, 6.07) is 6.79. The summed E-state index contributed by atoms with van der Waals surface area (Å²) in [5, 5.41) is 9.30. The Morgan fingerprint density at radius 3 is 2.53 bits per heavy atom. The first-order valence-electron chi connectivity index (χ1n) is 10.0. The molecule has 36 heavy (non-hydrogen) atoms. The van der Waals surface area contributed by atoms with E-state index in [1.165, 1.54) is 37.5 Å². The van der Waals surface area contributed by atoms with E-state index in [9.17, 15) is 22.8 Å². The molecule has 2 aromatic heterocycles. The SMILES string of the molecule is CNC(=O)c1cc(Cl)cc(Br)c1NC(=O)c1cc(OC2(C(F)(F)F)COC2)nn1-c1ncccc1Cl. The number of carbonyl (C=O) groups excluding carboxylic acids is 2. The summed E-state index contributed by atoms with van der Waals surface area (Å²) in [6.07, 6.45) is -3.39. The molecule has 1 aromatic carbocycles. The zero-order chi connectivity index (χ0) is 26.3. The molecule has 0 atom stereocenters. The smallest absolute Gasteiger partial charge is 0.432 e. The Labute approximate surface area is 220 Å². The standard InChI is InChI=1S/C21H15BrCl2F3N5O4/c1-28-18(33)11-5-10(23)6-12(22)16(11)30-19(34)14-7-15(36-20(8-35-9-20)21(25,26)27)31-32(14)17-13(24)3-2-4-29-17/h2-7H,8-9H2,1H3,(H,28,33)(H,30,34). The molecule has 15 heteroatoms. The number of pyridine rings is 1. The van der Waals surface area contributed by atoms with Crippen LogP contribution in [-0.2, 0) is 4.74 Å². The molecule has 0 radical (unpaired) electrons. The largest absolute Gasteiger partial charge is 0.455 e. The van der Waals surface area contributed by atoms with Crippen LogP contribution < -0.4 is 15.4 Å². The van der Waals surface area contributed by atoms with Crippen molar-refractivity contribution in [2.24, 2.45) is 0 Å². The molecule has 9 nitrogen and oxygen atoms in total. The Balaban J connectivity index is 1.78. The van der Waals surface area contributed by atoms with Crippen molar-refractivity contribution in [3.8, 4) is 11.7 Å². The van der Waals surface area contributed by atoms with Gasteiger partial charge in [-0.3, -0.25) is 9.59 Å². The third-order valence-electron chi connectivity index (χ3n) is 5.11. The summed E-state index contributed by atoms with van der Waals surface area (Å²) in [5.41, 5.74) is -2.79. The summed E-state index contributed by atoms with van der Waals surface area (Å²) in [6.45, 7) is -1.47. The van der Waals surface area contributed by atoms with Crippen LogP contribution in [0.4, 0.5) is 18.9 Å². The predicted molar refractivity (Wildman–Crippen MR) is 127 cm³/mol. The number of carbonyl (C=O) groups is 2. The van der Waals surface area contributed by atoms with Crippen molar-refractivity contribution in [2.75, 3.05) is 25.6 Å². The third-order valence-corrected chi connectivity index (χ3v) is 6.25. The summed E-state index contributed by atoms with van der Waals surface area (Å²) in [7, 11) is 1.39. The summed E-state index contributed by atoms with van der Waals surface area (Å²) >= 11 is 15.5. The minimum Gasteiger partial charge on any atom is -0.455 e. The van der Waals surface area contributed by atoms with Gasteiger partial charge in [0.25, 0.3) is 17.4 Å². The topological polar surface area (TPSA) is 107 Å². The number of hydrogen-bond acceptors (Lipinski definition) is 6. The molecule has 0 bridgehead atoms. The van der Waals surface area contributed by atoms with E-state index in [0.717, 1.165) is 10.7 Å². The van der Waals surface area contributed by atoms with E-state index < -0.39 is 42.7 Å². The highest BCUT2D eigenvalue weighted by molar-refractivity contribution is 9.10. The van der Waals surface area contributed by atoms with Gasteiger partial charge >= 0.3 is 6.18 Å². The molecule has 0 unspecified atom stereocenters. The van der Waals surface area contributed by atoms with Crippen molar-refractivity contribution in [3.63, 3.8) is 0 Å². The quantitative estimate of drug-likeness (QED) is 0.422. The van der Waals surface area contributed by atoms with Crippen molar-refractivity contribution < 1.29 is 32.2 Å². The average molecular weight is 609 g/mol.